The molecule has 160 valence electrons. The van der Waals surface area contributed by atoms with Gasteiger partial charge in [0, 0.05) is 19.5 Å². The number of hydrogen-bond donors (Lipinski definition) is 1. The molecule has 1 aromatic carbocycles. The van der Waals surface area contributed by atoms with Crippen LogP contribution in [0, 0.1) is 0 Å². The average molecular weight is 435 g/mol. The lowest BCUT2D eigenvalue weighted by Crippen LogP contribution is -2.33. The van der Waals surface area contributed by atoms with E-state index in [4.69, 9.17) is 9.52 Å². The zero-order chi connectivity index (χ0) is 21.0. The third kappa shape index (κ3) is 4.23. The van der Waals surface area contributed by atoms with E-state index in [2.05, 4.69) is 22.3 Å². The highest BCUT2D eigenvalue weighted by Gasteiger charge is 2.35. The molecule has 1 amide bonds. The number of nitrogens with one attached hydrogen (secondary N) is 1. The van der Waals surface area contributed by atoms with Crippen LogP contribution in [0.25, 0.3) is 0 Å². The molecule has 7 heteroatoms. The van der Waals surface area contributed by atoms with E-state index in [1.165, 1.54) is 24.9 Å². The van der Waals surface area contributed by atoms with Crippen molar-refractivity contribution in [3.8, 4) is 0 Å². The summed E-state index contributed by atoms with van der Waals surface area (Å²) in [5, 5.41) is 11.7. The second kappa shape index (κ2) is 8.98. The van der Waals surface area contributed by atoms with Crippen molar-refractivity contribution in [2.45, 2.75) is 31.7 Å². The number of para-hydroxylation sites is 2. The molecular weight excluding hydrogens is 408 g/mol. The predicted molar refractivity (Wildman–Crippen MR) is 125 cm³/mol. The smallest absolute Gasteiger partial charge is 0.262 e. The van der Waals surface area contributed by atoms with Crippen LogP contribution in [-0.4, -0.2) is 36.3 Å². The van der Waals surface area contributed by atoms with Crippen LogP contribution in [0.2, 0.25) is 0 Å². The van der Waals surface area contributed by atoms with Crippen molar-refractivity contribution >= 4 is 34.3 Å². The van der Waals surface area contributed by atoms with Crippen LogP contribution in [0.1, 0.15) is 42.4 Å². The number of thiophene rings is 1. The van der Waals surface area contributed by atoms with E-state index in [1.54, 1.807) is 22.6 Å². The summed E-state index contributed by atoms with van der Waals surface area (Å²) in [6.07, 6.45) is 6.02. The van der Waals surface area contributed by atoms with Crippen LogP contribution in [0.4, 0.5) is 11.4 Å². The Kier molecular flexibility index (Phi) is 5.76. The van der Waals surface area contributed by atoms with Gasteiger partial charge in [-0.1, -0.05) is 18.2 Å². The number of carbonyl (C=O) groups is 1. The number of carbonyl (C=O) groups excluding carboxylic acids is 1. The van der Waals surface area contributed by atoms with Crippen LogP contribution in [-0.2, 0) is 4.79 Å². The second-order valence-electron chi connectivity index (χ2n) is 7.92. The molecule has 1 saturated heterocycles. The minimum Gasteiger partial charge on any atom is -0.467 e. The van der Waals surface area contributed by atoms with Crippen molar-refractivity contribution in [3.05, 3.63) is 70.8 Å². The first-order chi connectivity index (χ1) is 15.3. The topological polar surface area (TPSA) is 61.1 Å². The molecule has 5 rings (SSSR count). The van der Waals surface area contributed by atoms with Gasteiger partial charge in [0.05, 0.1) is 34.8 Å². The summed E-state index contributed by atoms with van der Waals surface area (Å²) in [5.74, 6) is 0.693. The molecule has 3 aromatic rings. The van der Waals surface area contributed by atoms with Crippen LogP contribution in [0.3, 0.4) is 0 Å². The third-order valence-corrected chi connectivity index (χ3v) is 6.79. The van der Waals surface area contributed by atoms with Gasteiger partial charge in [0.15, 0.2) is 0 Å². The molecule has 2 aromatic heterocycles. The molecule has 0 radical (unpaired) electrons. The summed E-state index contributed by atoms with van der Waals surface area (Å²) in [4.78, 5) is 16.7. The van der Waals surface area contributed by atoms with E-state index in [0.29, 0.717) is 6.42 Å². The van der Waals surface area contributed by atoms with E-state index in [1.807, 2.05) is 41.8 Å². The molecular formula is C24H26N4O2S. The summed E-state index contributed by atoms with van der Waals surface area (Å²) in [7, 11) is 0. The lowest BCUT2D eigenvalue weighted by Gasteiger charge is -2.30. The van der Waals surface area contributed by atoms with Gasteiger partial charge in [-0.05, 0) is 55.0 Å². The molecule has 0 aliphatic carbocycles. The zero-order valence-corrected chi connectivity index (χ0v) is 18.2. The monoisotopic (exact) mass is 434 g/mol. The molecule has 0 bridgehead atoms. The van der Waals surface area contributed by atoms with Gasteiger partial charge >= 0.3 is 0 Å². The number of amides is 1. The van der Waals surface area contributed by atoms with Crippen LogP contribution in [0.15, 0.2) is 69.7 Å². The summed E-state index contributed by atoms with van der Waals surface area (Å²) < 4.78 is 5.63. The zero-order valence-electron chi connectivity index (χ0n) is 17.4. The quantitative estimate of drug-likeness (QED) is 0.585. The number of rotatable bonds is 6. The van der Waals surface area contributed by atoms with Gasteiger partial charge in [0.2, 0.25) is 0 Å². The lowest BCUT2D eigenvalue weighted by molar-refractivity contribution is -0.131. The van der Waals surface area contributed by atoms with Gasteiger partial charge in [-0.2, -0.15) is 5.10 Å². The Morgan fingerprint density at radius 1 is 1.10 bits per heavy atom. The molecule has 6 nitrogen and oxygen atoms in total. The number of benzene rings is 1. The maximum atomic E-state index is 13.2. The van der Waals surface area contributed by atoms with Gasteiger partial charge in [-0.3, -0.25) is 4.79 Å². The first kappa shape index (κ1) is 19.9. The molecule has 1 N–H and O–H groups in total. The molecule has 2 aliphatic heterocycles. The van der Waals surface area contributed by atoms with Crippen LogP contribution in [0.5, 0.6) is 0 Å². The number of hydrazone groups is 1. The Labute approximate surface area is 186 Å². The van der Waals surface area contributed by atoms with Gasteiger partial charge in [-0.15, -0.1) is 11.3 Å². The van der Waals surface area contributed by atoms with Crippen molar-refractivity contribution in [1.29, 1.82) is 0 Å². The first-order valence-corrected chi connectivity index (χ1v) is 11.7. The molecule has 4 heterocycles. The largest absolute Gasteiger partial charge is 0.467 e. The molecule has 0 spiro atoms. The van der Waals surface area contributed by atoms with E-state index >= 15 is 0 Å². The van der Waals surface area contributed by atoms with Crippen LogP contribution < -0.4 is 10.2 Å². The van der Waals surface area contributed by atoms with E-state index in [0.717, 1.165) is 35.1 Å². The Balaban J connectivity index is 1.33. The standard InChI is InChI=1S/C24H26N4O2S/c29-24(17-25-18-8-2-3-9-20(18)27-12-4-1-5-13-27)28-21(22-10-6-14-30-22)16-19(26-28)23-11-7-15-31-23/h2-3,6-11,14-15,21,25H,1,4-5,12-13,16-17H2/t21-/m1/s1. The number of hydrogen-bond acceptors (Lipinski definition) is 6. The average Bonchev–Trinajstić information content (AvgIpc) is 3.59. The summed E-state index contributed by atoms with van der Waals surface area (Å²) in [5.41, 5.74) is 3.09. The van der Waals surface area contributed by atoms with E-state index in [9.17, 15) is 4.79 Å². The minimum absolute atomic E-state index is 0.0681. The fourth-order valence-corrected chi connectivity index (χ4v) is 5.04. The Bertz CT molecular complexity index is 1040. The Morgan fingerprint density at radius 3 is 2.74 bits per heavy atom. The lowest BCUT2D eigenvalue weighted by atomic mass is 10.1. The maximum Gasteiger partial charge on any atom is 0.262 e. The van der Waals surface area contributed by atoms with Crippen molar-refractivity contribution in [3.63, 3.8) is 0 Å². The fourth-order valence-electron chi connectivity index (χ4n) is 4.32. The number of nitrogens with zero attached hydrogens (tertiary/aromatic N) is 3. The van der Waals surface area contributed by atoms with Gasteiger partial charge in [0.1, 0.15) is 11.8 Å². The van der Waals surface area contributed by atoms with Gasteiger partial charge < -0.3 is 14.6 Å². The minimum atomic E-state index is -0.210. The fraction of sp³-hybridized carbons (Fsp3) is 0.333. The summed E-state index contributed by atoms with van der Waals surface area (Å²) in [6.45, 7) is 2.31. The SMILES string of the molecule is O=C(CNc1ccccc1N1CCCCC1)N1N=C(c2cccs2)C[C@@H]1c1ccco1. The van der Waals surface area contributed by atoms with Gasteiger partial charge in [-0.25, -0.2) is 5.01 Å². The Morgan fingerprint density at radius 2 is 1.97 bits per heavy atom. The van der Waals surface area contributed by atoms with Crippen molar-refractivity contribution in [1.82, 2.24) is 5.01 Å². The number of piperidine rings is 1. The molecule has 1 atom stereocenters. The molecule has 0 unspecified atom stereocenters. The van der Waals surface area contributed by atoms with E-state index < -0.39 is 0 Å². The summed E-state index contributed by atoms with van der Waals surface area (Å²) in [6, 6.07) is 15.9. The van der Waals surface area contributed by atoms with E-state index in [-0.39, 0.29) is 18.5 Å². The maximum absolute atomic E-state index is 13.2. The molecule has 0 saturated carbocycles. The molecule has 1 fully saturated rings. The number of furan rings is 1. The highest BCUT2D eigenvalue weighted by Crippen LogP contribution is 2.34. The highest BCUT2D eigenvalue weighted by molar-refractivity contribution is 7.12. The predicted octanol–water partition coefficient (Wildman–Crippen LogP) is 5.12. The third-order valence-electron chi connectivity index (χ3n) is 5.87. The van der Waals surface area contributed by atoms with Crippen molar-refractivity contribution < 1.29 is 9.21 Å². The van der Waals surface area contributed by atoms with Gasteiger partial charge in [0.25, 0.3) is 5.91 Å². The second-order valence-corrected chi connectivity index (χ2v) is 8.86. The Hall–Kier alpha value is -3.06. The summed E-state index contributed by atoms with van der Waals surface area (Å²) >= 11 is 1.64. The number of anilines is 2. The first-order valence-electron chi connectivity index (χ1n) is 10.8. The van der Waals surface area contributed by atoms with Crippen molar-refractivity contribution in [2.75, 3.05) is 29.9 Å². The normalized spacial score (nSPS) is 18.8. The molecule has 31 heavy (non-hydrogen) atoms. The van der Waals surface area contributed by atoms with Crippen LogP contribution >= 0.6 is 11.3 Å². The van der Waals surface area contributed by atoms with Crippen molar-refractivity contribution in [2.24, 2.45) is 5.10 Å². The molecule has 2 aliphatic rings. The highest BCUT2D eigenvalue weighted by atomic mass is 32.1.